The third-order valence-electron chi connectivity index (χ3n) is 4.67. The van der Waals surface area contributed by atoms with Crippen LogP contribution in [-0.4, -0.2) is 33.8 Å². The SMILES string of the molecule is CC(C)[C@@H](C(=O)O)N1C(=O)[C@@H]2[C@H](C1=O)[C@H]1C=C[C@@H]2C1. The average molecular weight is 263 g/mol. The molecule has 1 saturated heterocycles. The Bertz CT molecular complexity index is 466. The Labute approximate surface area is 111 Å². The number of carbonyl (C=O) groups excluding carboxylic acids is 2. The second kappa shape index (κ2) is 3.92. The van der Waals surface area contributed by atoms with Crippen LogP contribution in [0.3, 0.4) is 0 Å². The van der Waals surface area contributed by atoms with Crippen LogP contribution in [0.25, 0.3) is 0 Å². The van der Waals surface area contributed by atoms with Crippen LogP contribution < -0.4 is 0 Å². The van der Waals surface area contributed by atoms with E-state index < -0.39 is 12.0 Å². The molecule has 1 saturated carbocycles. The van der Waals surface area contributed by atoms with E-state index in [0.29, 0.717) is 0 Å². The Morgan fingerprint density at radius 2 is 1.68 bits per heavy atom. The van der Waals surface area contributed by atoms with Crippen LogP contribution in [0.4, 0.5) is 0 Å². The van der Waals surface area contributed by atoms with E-state index in [2.05, 4.69) is 0 Å². The number of aliphatic carboxylic acids is 1. The topological polar surface area (TPSA) is 74.7 Å². The van der Waals surface area contributed by atoms with Gasteiger partial charge in [-0.05, 0) is 24.2 Å². The molecule has 0 unspecified atom stereocenters. The van der Waals surface area contributed by atoms with Crippen LogP contribution in [-0.2, 0) is 14.4 Å². The first-order valence-electron chi connectivity index (χ1n) is 6.71. The molecule has 1 N–H and O–H groups in total. The lowest BCUT2D eigenvalue weighted by Gasteiger charge is -2.27. The second-order valence-electron chi connectivity index (χ2n) is 6.07. The van der Waals surface area contributed by atoms with Crippen LogP contribution in [0.15, 0.2) is 12.2 Å². The molecule has 3 rings (SSSR count). The van der Waals surface area contributed by atoms with Gasteiger partial charge in [0.25, 0.3) is 0 Å². The van der Waals surface area contributed by atoms with Gasteiger partial charge in [-0.3, -0.25) is 14.5 Å². The van der Waals surface area contributed by atoms with Gasteiger partial charge in [-0.25, -0.2) is 4.79 Å². The molecule has 0 aromatic rings. The fraction of sp³-hybridized carbons (Fsp3) is 0.643. The van der Waals surface area contributed by atoms with Crippen molar-refractivity contribution in [1.29, 1.82) is 0 Å². The summed E-state index contributed by atoms with van der Waals surface area (Å²) < 4.78 is 0. The molecule has 2 fully saturated rings. The molecule has 5 nitrogen and oxygen atoms in total. The second-order valence-corrected chi connectivity index (χ2v) is 6.07. The molecule has 5 heteroatoms. The van der Waals surface area contributed by atoms with E-state index in [1.165, 1.54) is 0 Å². The van der Waals surface area contributed by atoms with E-state index in [-0.39, 0.29) is 41.4 Å². The predicted octanol–water partition coefficient (Wildman–Crippen LogP) is 0.903. The molecule has 5 atom stereocenters. The van der Waals surface area contributed by atoms with Crippen molar-refractivity contribution in [2.45, 2.75) is 26.3 Å². The first-order chi connectivity index (χ1) is 8.93. The summed E-state index contributed by atoms with van der Waals surface area (Å²) >= 11 is 0. The summed E-state index contributed by atoms with van der Waals surface area (Å²) in [6.45, 7) is 3.45. The largest absolute Gasteiger partial charge is 0.480 e. The van der Waals surface area contributed by atoms with Crippen molar-refractivity contribution in [3.63, 3.8) is 0 Å². The van der Waals surface area contributed by atoms with Crippen molar-refractivity contribution >= 4 is 17.8 Å². The summed E-state index contributed by atoms with van der Waals surface area (Å²) in [5.74, 6) is -2.34. The first-order valence-corrected chi connectivity index (χ1v) is 6.71. The fourth-order valence-electron chi connectivity index (χ4n) is 3.89. The van der Waals surface area contributed by atoms with Crippen LogP contribution in [0, 0.1) is 29.6 Å². The van der Waals surface area contributed by atoms with Crippen molar-refractivity contribution in [2.24, 2.45) is 29.6 Å². The lowest BCUT2D eigenvalue weighted by molar-refractivity contribution is -0.157. The summed E-state index contributed by atoms with van der Waals surface area (Å²) in [4.78, 5) is 37.3. The number of fused-ring (bicyclic) bond motifs is 5. The van der Waals surface area contributed by atoms with Crippen molar-refractivity contribution in [1.82, 2.24) is 4.90 Å². The maximum Gasteiger partial charge on any atom is 0.327 e. The van der Waals surface area contributed by atoms with Gasteiger partial charge in [-0.15, -0.1) is 0 Å². The zero-order valence-corrected chi connectivity index (χ0v) is 10.9. The molecule has 0 aromatic carbocycles. The van der Waals surface area contributed by atoms with Gasteiger partial charge < -0.3 is 5.11 Å². The number of nitrogens with zero attached hydrogens (tertiary/aromatic N) is 1. The molecule has 19 heavy (non-hydrogen) atoms. The van der Waals surface area contributed by atoms with Gasteiger partial charge in [0.15, 0.2) is 0 Å². The molecule has 3 aliphatic rings. The standard InChI is InChI=1S/C14H17NO4/c1-6(2)11(14(18)19)15-12(16)9-7-3-4-8(5-7)10(9)13(15)17/h3-4,6-11H,5H2,1-2H3,(H,18,19)/t7-,8+,9+,10-,11-/m0/s1. The molecular weight excluding hydrogens is 246 g/mol. The third-order valence-corrected chi connectivity index (χ3v) is 4.67. The zero-order valence-electron chi connectivity index (χ0n) is 10.9. The fourth-order valence-corrected chi connectivity index (χ4v) is 3.89. The van der Waals surface area contributed by atoms with Gasteiger partial charge in [-0.2, -0.15) is 0 Å². The normalized spacial score (nSPS) is 37.3. The molecular formula is C14H17NO4. The Morgan fingerprint density at radius 1 is 1.21 bits per heavy atom. The van der Waals surface area contributed by atoms with E-state index in [1.807, 2.05) is 12.2 Å². The van der Waals surface area contributed by atoms with Crippen LogP contribution in [0.5, 0.6) is 0 Å². The highest BCUT2D eigenvalue weighted by Gasteiger charge is 2.61. The first kappa shape index (κ1) is 12.4. The molecule has 1 aliphatic heterocycles. The summed E-state index contributed by atoms with van der Waals surface area (Å²) in [6.07, 6.45) is 4.87. The zero-order chi connectivity index (χ0) is 13.9. The van der Waals surface area contributed by atoms with Gasteiger partial charge in [0.05, 0.1) is 11.8 Å². The molecule has 2 bridgehead atoms. The van der Waals surface area contributed by atoms with Gasteiger partial charge in [0, 0.05) is 0 Å². The molecule has 0 aromatic heterocycles. The van der Waals surface area contributed by atoms with Gasteiger partial charge in [0.2, 0.25) is 11.8 Å². The third kappa shape index (κ3) is 1.50. The molecule has 0 radical (unpaired) electrons. The molecule has 102 valence electrons. The summed E-state index contributed by atoms with van der Waals surface area (Å²) in [7, 11) is 0. The lowest BCUT2D eigenvalue weighted by Crippen LogP contribution is -2.49. The Hall–Kier alpha value is -1.65. The van der Waals surface area contributed by atoms with Crippen LogP contribution in [0.2, 0.25) is 0 Å². The van der Waals surface area contributed by atoms with E-state index in [0.717, 1.165) is 11.3 Å². The number of hydrogen-bond donors (Lipinski definition) is 1. The maximum atomic E-state index is 12.4. The number of allylic oxidation sites excluding steroid dienone is 2. The number of rotatable bonds is 3. The molecule has 2 aliphatic carbocycles. The minimum atomic E-state index is -1.10. The maximum absolute atomic E-state index is 12.4. The van der Waals surface area contributed by atoms with Crippen molar-refractivity contribution in [2.75, 3.05) is 0 Å². The number of imide groups is 1. The number of hydrogen-bond acceptors (Lipinski definition) is 3. The minimum absolute atomic E-state index is 0.123. The Balaban J connectivity index is 1.96. The summed E-state index contributed by atoms with van der Waals surface area (Å²) in [5, 5.41) is 9.29. The Morgan fingerprint density at radius 3 is 2.05 bits per heavy atom. The monoisotopic (exact) mass is 263 g/mol. The van der Waals surface area contributed by atoms with Gasteiger partial charge in [0.1, 0.15) is 6.04 Å². The number of carboxylic acids is 1. The number of amides is 2. The number of carbonyl (C=O) groups is 3. The van der Waals surface area contributed by atoms with Crippen molar-refractivity contribution in [3.8, 4) is 0 Å². The number of likely N-dealkylation sites (tertiary alicyclic amines) is 1. The minimum Gasteiger partial charge on any atom is -0.480 e. The van der Waals surface area contributed by atoms with Crippen molar-refractivity contribution in [3.05, 3.63) is 12.2 Å². The van der Waals surface area contributed by atoms with Gasteiger partial charge in [-0.1, -0.05) is 26.0 Å². The Kier molecular flexibility index (Phi) is 2.56. The predicted molar refractivity (Wildman–Crippen MR) is 65.8 cm³/mol. The highest BCUT2D eigenvalue weighted by Crippen LogP contribution is 2.53. The van der Waals surface area contributed by atoms with Crippen LogP contribution in [0.1, 0.15) is 20.3 Å². The van der Waals surface area contributed by atoms with E-state index in [4.69, 9.17) is 0 Å². The number of carboxylic acid groups (broad SMARTS) is 1. The summed E-state index contributed by atoms with van der Waals surface area (Å²) in [5.41, 5.74) is 0. The highest BCUT2D eigenvalue weighted by molar-refractivity contribution is 6.08. The van der Waals surface area contributed by atoms with Crippen molar-refractivity contribution < 1.29 is 19.5 Å². The van der Waals surface area contributed by atoms with Gasteiger partial charge >= 0.3 is 5.97 Å². The molecule has 1 heterocycles. The van der Waals surface area contributed by atoms with E-state index in [1.54, 1.807) is 13.8 Å². The van der Waals surface area contributed by atoms with Crippen LogP contribution >= 0.6 is 0 Å². The van der Waals surface area contributed by atoms with E-state index >= 15 is 0 Å². The lowest BCUT2D eigenvalue weighted by atomic mass is 9.85. The smallest absolute Gasteiger partial charge is 0.327 e. The quantitative estimate of drug-likeness (QED) is 0.606. The molecule has 0 spiro atoms. The van der Waals surface area contributed by atoms with E-state index in [9.17, 15) is 19.5 Å². The molecule has 2 amide bonds. The average Bonchev–Trinajstić information content (AvgIpc) is 2.97. The highest BCUT2D eigenvalue weighted by atomic mass is 16.4. The summed E-state index contributed by atoms with van der Waals surface area (Å²) in [6, 6.07) is -1.04.